The molecule has 1 rings (SSSR count). The summed E-state index contributed by atoms with van der Waals surface area (Å²) in [6.45, 7) is 5.58. The largest absolute Gasteiger partial charge is 0.384 e. The molecule has 1 aliphatic rings. The summed E-state index contributed by atoms with van der Waals surface area (Å²) in [6.07, 6.45) is 1.66. The molecule has 0 aromatic rings. The van der Waals surface area contributed by atoms with Gasteiger partial charge in [-0.3, -0.25) is 5.01 Å². The first kappa shape index (κ1) is 8.70. The zero-order valence-corrected chi connectivity index (χ0v) is 7.49. The molecular weight excluding hydrogens is 154 g/mol. The van der Waals surface area contributed by atoms with Crippen LogP contribution in [0.25, 0.3) is 0 Å². The van der Waals surface area contributed by atoms with E-state index in [1.807, 2.05) is 18.9 Å². The lowest BCUT2D eigenvalue weighted by atomic mass is 10.4. The van der Waals surface area contributed by atoms with E-state index in [9.17, 15) is 0 Å². The van der Waals surface area contributed by atoms with Gasteiger partial charge in [0, 0.05) is 12.6 Å². The van der Waals surface area contributed by atoms with Crippen molar-refractivity contribution in [3.8, 4) is 0 Å². The Morgan fingerprint density at radius 2 is 2.00 bits per heavy atom. The molecule has 0 spiro atoms. The Morgan fingerprint density at radius 1 is 1.33 bits per heavy atom. The zero-order chi connectivity index (χ0) is 9.14. The average Bonchev–Trinajstić information content (AvgIpc) is 2.03. The van der Waals surface area contributed by atoms with E-state index >= 15 is 0 Å². The van der Waals surface area contributed by atoms with Crippen LogP contribution in [0.15, 0.2) is 17.0 Å². The van der Waals surface area contributed by atoms with Crippen LogP contribution in [0.4, 0.5) is 0 Å². The minimum absolute atomic E-state index is 0.457. The normalized spacial score (nSPS) is 17.5. The molecule has 4 N–H and O–H groups in total. The highest BCUT2D eigenvalue weighted by Gasteiger charge is 2.15. The average molecular weight is 169 g/mol. The summed E-state index contributed by atoms with van der Waals surface area (Å²) in [7, 11) is 0. The van der Waals surface area contributed by atoms with Crippen LogP contribution in [-0.2, 0) is 0 Å². The fourth-order valence-corrected chi connectivity index (χ4v) is 1.16. The Labute approximate surface area is 72.3 Å². The second-order valence-electron chi connectivity index (χ2n) is 2.50. The molecule has 0 unspecified atom stereocenters. The summed E-state index contributed by atoms with van der Waals surface area (Å²) in [4.78, 5) is 0. The molecule has 68 valence electrons. The van der Waals surface area contributed by atoms with Gasteiger partial charge in [0.2, 0.25) is 0 Å². The number of hydrazine groups is 1. The van der Waals surface area contributed by atoms with Crippen LogP contribution in [0.2, 0.25) is 0 Å². The fraction of sp³-hybridized carbons (Fsp3) is 0.571. The predicted molar refractivity (Wildman–Crippen MR) is 48.7 cm³/mol. The van der Waals surface area contributed by atoms with Crippen molar-refractivity contribution in [2.24, 2.45) is 16.6 Å². The molecule has 0 aromatic carbocycles. The quantitative estimate of drug-likeness (QED) is 0.591. The Bertz CT molecular complexity index is 220. The zero-order valence-electron chi connectivity index (χ0n) is 7.49. The van der Waals surface area contributed by atoms with Gasteiger partial charge in [0.05, 0.1) is 6.54 Å². The molecule has 5 nitrogen and oxygen atoms in total. The van der Waals surface area contributed by atoms with Crippen LogP contribution < -0.4 is 11.5 Å². The Kier molecular flexibility index (Phi) is 2.42. The first-order valence-electron chi connectivity index (χ1n) is 4.05. The lowest BCUT2D eigenvalue weighted by Crippen LogP contribution is -2.45. The van der Waals surface area contributed by atoms with E-state index in [1.165, 1.54) is 0 Å². The third-order valence-corrected chi connectivity index (χ3v) is 1.69. The highest BCUT2D eigenvalue weighted by molar-refractivity contribution is 5.92. The second kappa shape index (κ2) is 3.34. The number of amidine groups is 1. The SMILES string of the molecule is CCN1N=C(N)C=C(N)N1CC. The summed E-state index contributed by atoms with van der Waals surface area (Å²) in [5, 5.41) is 7.73. The molecule has 0 aromatic heterocycles. The van der Waals surface area contributed by atoms with Gasteiger partial charge in [0.15, 0.2) is 0 Å². The number of hydrazone groups is 1. The van der Waals surface area contributed by atoms with Crippen molar-refractivity contribution in [2.75, 3.05) is 13.1 Å². The number of rotatable bonds is 2. The van der Waals surface area contributed by atoms with Gasteiger partial charge >= 0.3 is 0 Å². The van der Waals surface area contributed by atoms with E-state index in [1.54, 1.807) is 11.2 Å². The van der Waals surface area contributed by atoms with Crippen LogP contribution in [0.5, 0.6) is 0 Å². The summed E-state index contributed by atoms with van der Waals surface area (Å²) < 4.78 is 0. The van der Waals surface area contributed by atoms with Crippen LogP contribution in [-0.4, -0.2) is 29.1 Å². The van der Waals surface area contributed by atoms with Crippen molar-refractivity contribution in [1.29, 1.82) is 0 Å². The monoisotopic (exact) mass is 169 g/mol. The summed E-state index contributed by atoms with van der Waals surface area (Å²) >= 11 is 0. The minimum atomic E-state index is 0.457. The van der Waals surface area contributed by atoms with Crippen molar-refractivity contribution >= 4 is 5.84 Å². The number of hydrogen-bond acceptors (Lipinski definition) is 5. The molecule has 0 saturated heterocycles. The Hall–Kier alpha value is -1.39. The lowest BCUT2D eigenvalue weighted by Gasteiger charge is -2.35. The van der Waals surface area contributed by atoms with Crippen LogP contribution in [0, 0.1) is 0 Å². The van der Waals surface area contributed by atoms with Crippen molar-refractivity contribution in [1.82, 2.24) is 10.1 Å². The molecule has 0 radical (unpaired) electrons. The van der Waals surface area contributed by atoms with Gasteiger partial charge in [-0.15, -0.1) is 5.10 Å². The van der Waals surface area contributed by atoms with Gasteiger partial charge in [-0.25, -0.2) is 5.12 Å². The lowest BCUT2D eigenvalue weighted by molar-refractivity contribution is 0.0159. The van der Waals surface area contributed by atoms with E-state index < -0.39 is 0 Å². The topological polar surface area (TPSA) is 70.9 Å². The van der Waals surface area contributed by atoms with Crippen molar-refractivity contribution < 1.29 is 0 Å². The highest BCUT2D eigenvalue weighted by atomic mass is 15.8. The molecule has 1 heterocycles. The first-order chi connectivity index (χ1) is 5.69. The third-order valence-electron chi connectivity index (χ3n) is 1.69. The third kappa shape index (κ3) is 1.44. The number of nitrogens with two attached hydrogens (primary N) is 2. The molecule has 5 heteroatoms. The van der Waals surface area contributed by atoms with E-state index in [2.05, 4.69) is 5.10 Å². The maximum atomic E-state index is 5.73. The Balaban J connectivity index is 2.83. The van der Waals surface area contributed by atoms with Crippen LogP contribution in [0.3, 0.4) is 0 Å². The molecule has 0 bridgehead atoms. The van der Waals surface area contributed by atoms with E-state index in [4.69, 9.17) is 11.5 Å². The summed E-state index contributed by atoms with van der Waals surface area (Å²) in [6, 6.07) is 0. The number of nitrogens with zero attached hydrogens (tertiary/aromatic N) is 3. The van der Waals surface area contributed by atoms with Gasteiger partial charge in [-0.05, 0) is 13.8 Å². The molecule has 1 aliphatic heterocycles. The highest BCUT2D eigenvalue weighted by Crippen LogP contribution is 2.08. The molecule has 0 amide bonds. The molecule has 0 fully saturated rings. The predicted octanol–water partition coefficient (Wildman–Crippen LogP) is -0.369. The van der Waals surface area contributed by atoms with Crippen LogP contribution in [0.1, 0.15) is 13.8 Å². The van der Waals surface area contributed by atoms with Gasteiger partial charge in [0.1, 0.15) is 11.7 Å². The summed E-state index contributed by atoms with van der Waals surface area (Å²) in [5.74, 6) is 1.10. The fourth-order valence-electron chi connectivity index (χ4n) is 1.16. The van der Waals surface area contributed by atoms with Crippen molar-refractivity contribution in [3.05, 3.63) is 11.9 Å². The first-order valence-corrected chi connectivity index (χ1v) is 4.05. The number of hydrogen-bond donors (Lipinski definition) is 2. The van der Waals surface area contributed by atoms with Gasteiger partial charge in [-0.2, -0.15) is 0 Å². The van der Waals surface area contributed by atoms with E-state index in [0.29, 0.717) is 11.7 Å². The molecule has 0 atom stereocenters. The van der Waals surface area contributed by atoms with Gasteiger partial charge < -0.3 is 11.5 Å². The molecule has 0 aliphatic carbocycles. The maximum absolute atomic E-state index is 5.73. The van der Waals surface area contributed by atoms with E-state index in [0.717, 1.165) is 13.1 Å². The van der Waals surface area contributed by atoms with Gasteiger partial charge in [-0.1, -0.05) is 0 Å². The standard InChI is InChI=1S/C7H15N5/c1-3-11-7(9)5-6(8)10-12(11)4-2/h5H,3-4,9H2,1-2H3,(H2,8,10). The van der Waals surface area contributed by atoms with E-state index in [-0.39, 0.29) is 0 Å². The minimum Gasteiger partial charge on any atom is -0.384 e. The van der Waals surface area contributed by atoms with Gasteiger partial charge in [0.25, 0.3) is 0 Å². The summed E-state index contributed by atoms with van der Waals surface area (Å²) in [5.41, 5.74) is 11.3. The smallest absolute Gasteiger partial charge is 0.149 e. The Morgan fingerprint density at radius 3 is 2.50 bits per heavy atom. The molecular formula is C7H15N5. The second-order valence-corrected chi connectivity index (χ2v) is 2.50. The van der Waals surface area contributed by atoms with Crippen molar-refractivity contribution in [2.45, 2.75) is 13.8 Å². The molecule has 0 saturated carbocycles. The molecule has 12 heavy (non-hydrogen) atoms. The van der Waals surface area contributed by atoms with Crippen molar-refractivity contribution in [3.63, 3.8) is 0 Å². The maximum Gasteiger partial charge on any atom is 0.149 e. The van der Waals surface area contributed by atoms with Crippen LogP contribution >= 0.6 is 0 Å².